The molecule has 1 heterocycles. The Kier molecular flexibility index (Phi) is 7.26. The zero-order valence-corrected chi connectivity index (χ0v) is 19.7. The monoisotopic (exact) mass is 458 g/mol. The number of carbonyl (C=O) groups is 2. The van der Waals surface area contributed by atoms with E-state index in [2.05, 4.69) is 5.16 Å². The van der Waals surface area contributed by atoms with E-state index in [0.717, 1.165) is 71.2 Å². The summed E-state index contributed by atoms with van der Waals surface area (Å²) in [7, 11) is 0. The lowest BCUT2D eigenvalue weighted by atomic mass is 9.88. The van der Waals surface area contributed by atoms with Crippen molar-refractivity contribution >= 4 is 23.6 Å². The Bertz CT molecular complexity index is 1170. The summed E-state index contributed by atoms with van der Waals surface area (Å²) in [4.78, 5) is 26.4. The fourth-order valence-electron chi connectivity index (χ4n) is 4.68. The van der Waals surface area contributed by atoms with E-state index in [4.69, 9.17) is 9.63 Å². The van der Waals surface area contributed by atoms with E-state index < -0.39 is 5.97 Å². The fraction of sp³-hybridized carbons (Fsp3) is 0.321. The first-order valence-corrected chi connectivity index (χ1v) is 11.8. The number of carbonyl (C=O) groups excluding carboxylic acids is 1. The highest BCUT2D eigenvalue weighted by Crippen LogP contribution is 2.31. The molecule has 0 aliphatic heterocycles. The van der Waals surface area contributed by atoms with Gasteiger partial charge in [-0.1, -0.05) is 60.8 Å². The Morgan fingerprint density at radius 1 is 1.09 bits per heavy atom. The molecule has 0 radical (unpaired) electrons. The van der Waals surface area contributed by atoms with Gasteiger partial charge in [0.05, 0.1) is 12.2 Å². The molecule has 4 rings (SSSR count). The van der Waals surface area contributed by atoms with Crippen LogP contribution < -0.4 is 4.90 Å². The molecule has 6 nitrogen and oxygen atoms in total. The molecule has 1 N–H and O–H groups in total. The smallest absolute Gasteiger partial charge is 0.328 e. The van der Waals surface area contributed by atoms with Crippen LogP contribution >= 0.6 is 0 Å². The van der Waals surface area contributed by atoms with E-state index in [0.29, 0.717) is 6.54 Å². The molecule has 0 bridgehead atoms. The Labute approximate surface area is 199 Å². The molecular weight excluding hydrogens is 428 g/mol. The number of aromatic nitrogens is 1. The van der Waals surface area contributed by atoms with Gasteiger partial charge in [-0.15, -0.1) is 0 Å². The van der Waals surface area contributed by atoms with Gasteiger partial charge in [0.25, 0.3) is 0 Å². The molecule has 0 atom stereocenters. The number of aliphatic carboxylic acids is 1. The van der Waals surface area contributed by atoms with Gasteiger partial charge in [-0.05, 0) is 61.6 Å². The molecule has 1 saturated carbocycles. The number of amides is 1. The average Bonchev–Trinajstić information content (AvgIpc) is 3.19. The molecule has 0 unspecified atom stereocenters. The van der Waals surface area contributed by atoms with E-state index in [1.165, 1.54) is 6.42 Å². The lowest BCUT2D eigenvalue weighted by Crippen LogP contribution is -2.36. The number of hydrogen-bond donors (Lipinski definition) is 1. The Balaban J connectivity index is 1.63. The number of rotatable bonds is 7. The summed E-state index contributed by atoms with van der Waals surface area (Å²) >= 11 is 0. The van der Waals surface area contributed by atoms with E-state index >= 15 is 0 Å². The molecule has 6 heteroatoms. The van der Waals surface area contributed by atoms with E-state index in [1.807, 2.05) is 67.3 Å². The van der Waals surface area contributed by atoms with Crippen molar-refractivity contribution in [3.05, 3.63) is 77.2 Å². The van der Waals surface area contributed by atoms with Crippen molar-refractivity contribution in [2.45, 2.75) is 52.5 Å². The lowest BCUT2D eigenvalue weighted by Gasteiger charge is -2.30. The van der Waals surface area contributed by atoms with Crippen molar-refractivity contribution in [3.8, 4) is 11.1 Å². The normalized spacial score (nSPS) is 14.4. The summed E-state index contributed by atoms with van der Waals surface area (Å²) in [6, 6.07) is 15.6. The van der Waals surface area contributed by atoms with Gasteiger partial charge < -0.3 is 14.5 Å². The average molecular weight is 459 g/mol. The molecule has 1 aromatic heterocycles. The van der Waals surface area contributed by atoms with Gasteiger partial charge in [-0.2, -0.15) is 0 Å². The molecular formula is C28H30N2O4. The standard InChI is InChI=1S/C28H30N2O4/c1-19-27(20(2)34-29-19)23-14-11-22(12-15-23)18-30(28(33)24-8-4-3-5-9-24)25-10-6-7-21(17-25)13-16-26(31)32/h6-7,10-17,24H,3-5,8-9,18H2,1-2H3,(H,31,32). The SMILES string of the molecule is Cc1noc(C)c1-c1ccc(CN(C(=O)C2CCCCC2)c2cccc(C=CC(=O)O)c2)cc1. The van der Waals surface area contributed by atoms with Crippen molar-refractivity contribution < 1.29 is 19.2 Å². The van der Waals surface area contributed by atoms with E-state index in [-0.39, 0.29) is 11.8 Å². The third kappa shape index (κ3) is 5.45. The predicted octanol–water partition coefficient (Wildman–Crippen LogP) is 6.17. The van der Waals surface area contributed by atoms with Crippen LogP contribution in [0.15, 0.2) is 59.1 Å². The van der Waals surface area contributed by atoms with Crippen LogP contribution in [0.1, 0.15) is 54.7 Å². The molecule has 0 spiro atoms. The number of anilines is 1. The Hall–Kier alpha value is -3.67. The van der Waals surface area contributed by atoms with Gasteiger partial charge in [0, 0.05) is 23.2 Å². The number of carboxylic acids is 1. The minimum absolute atomic E-state index is 0.0218. The number of carboxylic acid groups (broad SMARTS) is 1. The van der Waals surface area contributed by atoms with Crippen LogP contribution in [0.25, 0.3) is 17.2 Å². The second kappa shape index (κ2) is 10.5. The van der Waals surface area contributed by atoms with Crippen LogP contribution in [0.3, 0.4) is 0 Å². The summed E-state index contributed by atoms with van der Waals surface area (Å²) in [5, 5.41) is 13.0. The molecule has 2 aromatic carbocycles. The van der Waals surface area contributed by atoms with Gasteiger partial charge in [0.1, 0.15) is 5.76 Å². The first-order chi connectivity index (χ1) is 16.4. The van der Waals surface area contributed by atoms with E-state index in [1.54, 1.807) is 6.08 Å². The van der Waals surface area contributed by atoms with Gasteiger partial charge in [0.15, 0.2) is 0 Å². The van der Waals surface area contributed by atoms with Crippen molar-refractivity contribution in [1.29, 1.82) is 0 Å². The third-order valence-electron chi connectivity index (χ3n) is 6.44. The van der Waals surface area contributed by atoms with Crippen LogP contribution in [-0.2, 0) is 16.1 Å². The van der Waals surface area contributed by atoms with Gasteiger partial charge in [0.2, 0.25) is 5.91 Å². The number of aryl methyl sites for hydroxylation is 2. The van der Waals surface area contributed by atoms with E-state index in [9.17, 15) is 9.59 Å². The topological polar surface area (TPSA) is 83.6 Å². The maximum Gasteiger partial charge on any atom is 0.328 e. The lowest BCUT2D eigenvalue weighted by molar-refractivity contribution is -0.131. The summed E-state index contributed by atoms with van der Waals surface area (Å²) < 4.78 is 5.30. The highest BCUT2D eigenvalue weighted by molar-refractivity contribution is 5.95. The molecule has 1 aliphatic rings. The van der Waals surface area contributed by atoms with Crippen LogP contribution in [0.2, 0.25) is 0 Å². The number of hydrogen-bond acceptors (Lipinski definition) is 4. The largest absolute Gasteiger partial charge is 0.478 e. The first-order valence-electron chi connectivity index (χ1n) is 11.8. The van der Waals surface area contributed by atoms with Crippen LogP contribution in [0.5, 0.6) is 0 Å². The first kappa shape index (κ1) is 23.5. The quantitative estimate of drug-likeness (QED) is 0.428. The number of nitrogens with zero attached hydrogens (tertiary/aromatic N) is 2. The Morgan fingerprint density at radius 3 is 2.47 bits per heavy atom. The van der Waals surface area contributed by atoms with Gasteiger partial charge in [-0.3, -0.25) is 4.79 Å². The molecule has 1 aliphatic carbocycles. The van der Waals surface area contributed by atoms with Gasteiger partial charge in [-0.25, -0.2) is 4.79 Å². The maximum atomic E-state index is 13.6. The Morgan fingerprint density at radius 2 is 1.82 bits per heavy atom. The van der Waals surface area contributed by atoms with Gasteiger partial charge >= 0.3 is 5.97 Å². The number of benzene rings is 2. The zero-order valence-electron chi connectivity index (χ0n) is 19.7. The maximum absolute atomic E-state index is 13.6. The molecule has 1 amide bonds. The molecule has 176 valence electrons. The van der Waals surface area contributed by atoms with Crippen LogP contribution in [0, 0.1) is 19.8 Å². The van der Waals surface area contributed by atoms with Crippen molar-refractivity contribution in [2.24, 2.45) is 5.92 Å². The highest BCUT2D eigenvalue weighted by Gasteiger charge is 2.27. The molecule has 1 fully saturated rings. The van der Waals surface area contributed by atoms with Crippen molar-refractivity contribution in [2.75, 3.05) is 4.90 Å². The minimum Gasteiger partial charge on any atom is -0.478 e. The second-order valence-corrected chi connectivity index (χ2v) is 8.92. The van der Waals surface area contributed by atoms with Crippen molar-refractivity contribution in [3.63, 3.8) is 0 Å². The summed E-state index contributed by atoms with van der Waals surface area (Å²) in [5.41, 5.74) is 5.43. The molecule has 0 saturated heterocycles. The minimum atomic E-state index is -1.00. The van der Waals surface area contributed by atoms with Crippen LogP contribution in [-0.4, -0.2) is 22.1 Å². The zero-order chi connectivity index (χ0) is 24.1. The fourth-order valence-corrected chi connectivity index (χ4v) is 4.68. The van der Waals surface area contributed by atoms with Crippen LogP contribution in [0.4, 0.5) is 5.69 Å². The summed E-state index contributed by atoms with van der Waals surface area (Å²) in [6.45, 7) is 4.28. The summed E-state index contributed by atoms with van der Waals surface area (Å²) in [5.74, 6) is -0.0630. The molecule has 34 heavy (non-hydrogen) atoms. The third-order valence-corrected chi connectivity index (χ3v) is 6.44. The van der Waals surface area contributed by atoms with Crippen molar-refractivity contribution in [1.82, 2.24) is 5.16 Å². The highest BCUT2D eigenvalue weighted by atomic mass is 16.5. The predicted molar refractivity (Wildman–Crippen MR) is 132 cm³/mol. The summed E-state index contributed by atoms with van der Waals surface area (Å²) in [6.07, 6.45) is 7.84. The second-order valence-electron chi connectivity index (χ2n) is 8.92. The molecule has 3 aromatic rings.